The van der Waals surface area contributed by atoms with Crippen molar-refractivity contribution in [3.63, 3.8) is 0 Å². The highest BCUT2D eigenvalue weighted by Gasteiger charge is 2.50. The number of hydrogen-bond acceptors (Lipinski definition) is 4. The van der Waals surface area contributed by atoms with E-state index in [-0.39, 0.29) is 11.5 Å². The number of carbonyl (C=O) groups excluding carboxylic acids is 2. The van der Waals surface area contributed by atoms with Gasteiger partial charge in [0.1, 0.15) is 11.2 Å². The van der Waals surface area contributed by atoms with E-state index < -0.39 is 11.3 Å². The van der Waals surface area contributed by atoms with Crippen LogP contribution in [-0.4, -0.2) is 18.9 Å². The van der Waals surface area contributed by atoms with Gasteiger partial charge in [-0.05, 0) is 31.0 Å². The Morgan fingerprint density at radius 3 is 2.63 bits per heavy atom. The molecule has 0 aromatic heterocycles. The van der Waals surface area contributed by atoms with Gasteiger partial charge in [-0.25, -0.2) is 0 Å². The van der Waals surface area contributed by atoms with Crippen molar-refractivity contribution >= 4 is 17.5 Å². The number of nitrogens with two attached hydrogens (primary N) is 1. The molecule has 3 N–H and O–H groups in total. The van der Waals surface area contributed by atoms with Crippen LogP contribution in [-0.2, 0) is 4.79 Å². The molecule has 0 bridgehead atoms. The molecule has 0 aliphatic heterocycles. The lowest BCUT2D eigenvalue weighted by Crippen LogP contribution is -2.23. The summed E-state index contributed by atoms with van der Waals surface area (Å²) < 4.78 is 5.00. The molecule has 98 valence electrons. The van der Waals surface area contributed by atoms with Crippen LogP contribution in [0.1, 0.15) is 23.2 Å². The van der Waals surface area contributed by atoms with Gasteiger partial charge < -0.3 is 15.8 Å². The van der Waals surface area contributed by atoms with E-state index in [9.17, 15) is 9.59 Å². The summed E-state index contributed by atoms with van der Waals surface area (Å²) in [7, 11) is 1.43. The van der Waals surface area contributed by atoms with Gasteiger partial charge in [0.2, 0.25) is 5.91 Å². The van der Waals surface area contributed by atoms with Crippen molar-refractivity contribution in [3.05, 3.63) is 23.8 Å². The Hall–Kier alpha value is -2.55. The average Bonchev–Trinajstić information content (AvgIpc) is 3.19. The van der Waals surface area contributed by atoms with Gasteiger partial charge >= 0.3 is 0 Å². The smallest absolute Gasteiger partial charge is 0.252 e. The predicted octanol–water partition coefficient (Wildman–Crippen LogP) is 1.04. The Balaban J connectivity index is 2.23. The topological polar surface area (TPSA) is 105 Å². The lowest BCUT2D eigenvalue weighted by Gasteiger charge is -2.11. The van der Waals surface area contributed by atoms with Crippen molar-refractivity contribution in [3.8, 4) is 11.8 Å². The maximum atomic E-state index is 11.9. The molecule has 6 heteroatoms. The zero-order valence-electron chi connectivity index (χ0n) is 10.4. The Morgan fingerprint density at radius 2 is 2.16 bits per heavy atom. The molecule has 19 heavy (non-hydrogen) atoms. The molecular formula is C13H13N3O3. The summed E-state index contributed by atoms with van der Waals surface area (Å²) in [5.41, 5.74) is 4.92. The first-order chi connectivity index (χ1) is 9.02. The highest BCUT2D eigenvalue weighted by Crippen LogP contribution is 2.45. The molecule has 0 radical (unpaired) electrons. The Morgan fingerprint density at radius 1 is 1.47 bits per heavy atom. The predicted molar refractivity (Wildman–Crippen MR) is 67.4 cm³/mol. The van der Waals surface area contributed by atoms with Crippen molar-refractivity contribution in [2.75, 3.05) is 12.4 Å². The highest BCUT2D eigenvalue weighted by atomic mass is 16.5. The molecule has 2 amide bonds. The van der Waals surface area contributed by atoms with Crippen molar-refractivity contribution in [2.45, 2.75) is 12.8 Å². The maximum absolute atomic E-state index is 11.9. The molecule has 2 rings (SSSR count). The number of nitrogens with one attached hydrogen (secondary N) is 1. The van der Waals surface area contributed by atoms with Gasteiger partial charge in [0.05, 0.1) is 18.7 Å². The van der Waals surface area contributed by atoms with Gasteiger partial charge in [-0.3, -0.25) is 9.59 Å². The third kappa shape index (κ3) is 2.36. The third-order valence-electron chi connectivity index (χ3n) is 3.12. The van der Waals surface area contributed by atoms with Crippen LogP contribution < -0.4 is 15.8 Å². The van der Waals surface area contributed by atoms with E-state index in [2.05, 4.69) is 5.32 Å². The fraction of sp³-hybridized carbons (Fsp3) is 0.308. The summed E-state index contributed by atoms with van der Waals surface area (Å²) in [5.74, 6) is -0.656. The van der Waals surface area contributed by atoms with Crippen LogP contribution in [0, 0.1) is 16.7 Å². The molecule has 0 saturated heterocycles. The minimum atomic E-state index is -0.910. The quantitative estimate of drug-likeness (QED) is 0.842. The second kappa shape index (κ2) is 4.61. The summed E-state index contributed by atoms with van der Waals surface area (Å²) in [6.07, 6.45) is 1.13. The van der Waals surface area contributed by atoms with Crippen LogP contribution in [0.25, 0.3) is 0 Å². The lowest BCUT2D eigenvalue weighted by atomic mass is 10.1. The van der Waals surface area contributed by atoms with Crippen molar-refractivity contribution < 1.29 is 14.3 Å². The van der Waals surface area contributed by atoms with Crippen LogP contribution in [0.2, 0.25) is 0 Å². The minimum Gasteiger partial charge on any atom is -0.496 e. The van der Waals surface area contributed by atoms with Crippen LogP contribution >= 0.6 is 0 Å². The van der Waals surface area contributed by atoms with Gasteiger partial charge in [0.25, 0.3) is 5.91 Å². The van der Waals surface area contributed by atoms with Crippen molar-refractivity contribution in [1.29, 1.82) is 5.26 Å². The van der Waals surface area contributed by atoms with Crippen LogP contribution in [0.5, 0.6) is 5.75 Å². The van der Waals surface area contributed by atoms with Gasteiger partial charge in [-0.2, -0.15) is 5.26 Å². The molecule has 6 nitrogen and oxygen atoms in total. The Bertz CT molecular complexity index is 585. The number of benzene rings is 1. The van der Waals surface area contributed by atoms with Gasteiger partial charge in [-0.1, -0.05) is 0 Å². The summed E-state index contributed by atoms with van der Waals surface area (Å²) >= 11 is 0. The first kappa shape index (κ1) is 12.9. The number of amides is 2. The third-order valence-corrected chi connectivity index (χ3v) is 3.12. The molecule has 0 spiro atoms. The number of methoxy groups -OCH3 is 1. The zero-order chi connectivity index (χ0) is 14.0. The SMILES string of the molecule is COc1ccc(NC(=O)C2(C#N)CC2)cc1C(N)=O. The number of carbonyl (C=O) groups is 2. The van der Waals surface area contributed by atoms with Crippen LogP contribution in [0.3, 0.4) is 0 Å². The molecule has 1 aromatic rings. The molecular weight excluding hydrogens is 246 g/mol. The molecule has 0 unspecified atom stereocenters. The second-order valence-corrected chi connectivity index (χ2v) is 4.43. The number of hydrogen-bond donors (Lipinski definition) is 2. The number of rotatable bonds is 4. The van der Waals surface area contributed by atoms with E-state index in [4.69, 9.17) is 15.7 Å². The highest BCUT2D eigenvalue weighted by molar-refractivity contribution is 6.01. The number of nitriles is 1. The second-order valence-electron chi connectivity index (χ2n) is 4.43. The molecule has 1 aromatic carbocycles. The normalized spacial score (nSPS) is 15.2. The summed E-state index contributed by atoms with van der Waals surface area (Å²) in [6, 6.07) is 6.58. The van der Waals surface area contributed by atoms with E-state index in [0.29, 0.717) is 24.3 Å². The Labute approximate surface area is 110 Å². The first-order valence-corrected chi connectivity index (χ1v) is 5.73. The molecule has 1 saturated carbocycles. The minimum absolute atomic E-state index is 0.183. The molecule has 0 atom stereocenters. The van der Waals surface area contributed by atoms with Gasteiger partial charge in [0.15, 0.2) is 0 Å². The van der Waals surface area contributed by atoms with Gasteiger partial charge in [-0.15, -0.1) is 0 Å². The zero-order valence-corrected chi connectivity index (χ0v) is 10.4. The van der Waals surface area contributed by atoms with E-state index in [1.165, 1.54) is 13.2 Å². The summed E-state index contributed by atoms with van der Waals surface area (Å²) in [5, 5.41) is 11.5. The Kier molecular flexibility index (Phi) is 3.13. The molecule has 0 heterocycles. The van der Waals surface area contributed by atoms with Gasteiger partial charge in [0, 0.05) is 5.69 Å². The van der Waals surface area contributed by atoms with E-state index >= 15 is 0 Å². The fourth-order valence-electron chi connectivity index (χ4n) is 1.74. The molecule has 1 aliphatic rings. The van der Waals surface area contributed by atoms with Crippen LogP contribution in [0.4, 0.5) is 5.69 Å². The lowest BCUT2D eigenvalue weighted by molar-refractivity contribution is -0.119. The maximum Gasteiger partial charge on any atom is 0.252 e. The van der Waals surface area contributed by atoms with Crippen molar-refractivity contribution in [2.24, 2.45) is 11.1 Å². The number of nitrogens with zero attached hydrogens (tertiary/aromatic N) is 1. The van der Waals surface area contributed by atoms with Crippen molar-refractivity contribution in [1.82, 2.24) is 0 Å². The standard InChI is InChI=1S/C13H13N3O3/c1-19-10-3-2-8(6-9(10)11(15)17)16-12(18)13(7-14)4-5-13/h2-3,6H,4-5H2,1H3,(H2,15,17)(H,16,18). The molecule has 1 aliphatic carbocycles. The monoisotopic (exact) mass is 259 g/mol. The summed E-state index contributed by atoms with van der Waals surface area (Å²) in [6.45, 7) is 0. The van der Waals surface area contributed by atoms with E-state index in [0.717, 1.165) is 0 Å². The fourth-order valence-corrected chi connectivity index (χ4v) is 1.74. The number of primary amides is 1. The first-order valence-electron chi connectivity index (χ1n) is 5.73. The van der Waals surface area contributed by atoms with E-state index in [1.807, 2.05) is 6.07 Å². The van der Waals surface area contributed by atoms with Crippen LogP contribution in [0.15, 0.2) is 18.2 Å². The largest absolute Gasteiger partial charge is 0.496 e. The van der Waals surface area contributed by atoms with E-state index in [1.54, 1.807) is 12.1 Å². The molecule has 1 fully saturated rings. The number of anilines is 1. The average molecular weight is 259 g/mol. The summed E-state index contributed by atoms with van der Waals surface area (Å²) in [4.78, 5) is 23.1. The number of ether oxygens (including phenoxy) is 1.